The molecule has 128 valence electrons. The smallest absolute Gasteiger partial charge is 0.220 e. The summed E-state index contributed by atoms with van der Waals surface area (Å²) in [7, 11) is 1.55. The van der Waals surface area contributed by atoms with Gasteiger partial charge in [-0.25, -0.2) is 8.78 Å². The third-order valence-corrected chi connectivity index (χ3v) is 3.65. The zero-order valence-corrected chi connectivity index (χ0v) is 13.3. The van der Waals surface area contributed by atoms with Gasteiger partial charge in [0.05, 0.1) is 13.2 Å². The first-order valence-corrected chi connectivity index (χ1v) is 7.53. The number of carbonyl (C=O) groups excluding carboxylic acids is 1. The minimum absolute atomic E-state index is 0.00963. The number of hydrogen-bond donors (Lipinski definition) is 2. The van der Waals surface area contributed by atoms with Crippen molar-refractivity contribution >= 4 is 5.91 Å². The summed E-state index contributed by atoms with van der Waals surface area (Å²) in [5, 5.41) is 12.6. The van der Waals surface area contributed by atoms with E-state index >= 15 is 0 Å². The average molecular weight is 335 g/mol. The fraction of sp³-hybridized carbons (Fsp3) is 0.278. The summed E-state index contributed by atoms with van der Waals surface area (Å²) in [6.45, 7) is 0.0385. The van der Waals surface area contributed by atoms with Gasteiger partial charge in [0.15, 0.2) is 11.6 Å². The molecule has 0 saturated carbocycles. The Morgan fingerprint density at radius 2 is 1.92 bits per heavy atom. The number of nitrogens with one attached hydrogen (secondary N) is 1. The molecule has 2 rings (SSSR count). The number of benzene rings is 2. The molecule has 0 fully saturated rings. The van der Waals surface area contributed by atoms with Crippen LogP contribution in [0.4, 0.5) is 8.78 Å². The molecule has 2 aromatic carbocycles. The predicted molar refractivity (Wildman–Crippen MR) is 85.6 cm³/mol. The van der Waals surface area contributed by atoms with Gasteiger partial charge in [-0.15, -0.1) is 0 Å². The van der Waals surface area contributed by atoms with Crippen LogP contribution in [0.1, 0.15) is 23.7 Å². The van der Waals surface area contributed by atoms with E-state index in [0.29, 0.717) is 11.3 Å². The average Bonchev–Trinajstić information content (AvgIpc) is 2.61. The van der Waals surface area contributed by atoms with Crippen LogP contribution in [0.2, 0.25) is 0 Å². The second-order valence-corrected chi connectivity index (χ2v) is 5.31. The topological polar surface area (TPSA) is 58.6 Å². The standard InChI is InChI=1S/C18H19F2NO3/c1-24-14-8-5-12(6-9-14)16(22)11-21-17(23)10-7-13-3-2-4-15(19)18(13)20/h2-6,8-9,16,22H,7,10-11H2,1H3,(H,21,23). The molecule has 24 heavy (non-hydrogen) atoms. The normalized spacial score (nSPS) is 11.8. The van der Waals surface area contributed by atoms with Gasteiger partial charge in [-0.3, -0.25) is 4.79 Å². The second-order valence-electron chi connectivity index (χ2n) is 5.31. The molecular weight excluding hydrogens is 316 g/mol. The Balaban J connectivity index is 1.80. The van der Waals surface area contributed by atoms with Crippen LogP contribution in [0.5, 0.6) is 5.75 Å². The molecule has 0 aliphatic rings. The molecule has 2 aromatic rings. The van der Waals surface area contributed by atoms with E-state index in [1.54, 1.807) is 31.4 Å². The molecule has 0 spiro atoms. The molecule has 0 saturated heterocycles. The number of aryl methyl sites for hydroxylation is 1. The Bertz CT molecular complexity index is 689. The highest BCUT2D eigenvalue weighted by atomic mass is 19.2. The first kappa shape index (κ1) is 17.9. The molecule has 0 radical (unpaired) electrons. The lowest BCUT2D eigenvalue weighted by molar-refractivity contribution is -0.121. The molecule has 0 aliphatic heterocycles. The molecule has 0 aliphatic carbocycles. The van der Waals surface area contributed by atoms with Gasteiger partial charge in [0, 0.05) is 13.0 Å². The van der Waals surface area contributed by atoms with E-state index in [0.717, 1.165) is 6.07 Å². The van der Waals surface area contributed by atoms with Crippen molar-refractivity contribution in [2.24, 2.45) is 0 Å². The summed E-state index contributed by atoms with van der Waals surface area (Å²) in [5.74, 6) is -1.52. The zero-order chi connectivity index (χ0) is 17.5. The summed E-state index contributed by atoms with van der Waals surface area (Å²) < 4.78 is 31.6. The van der Waals surface area contributed by atoms with E-state index in [9.17, 15) is 18.7 Å². The predicted octanol–water partition coefficient (Wildman–Crippen LogP) is 2.76. The Hall–Kier alpha value is -2.47. The summed E-state index contributed by atoms with van der Waals surface area (Å²) in [6, 6.07) is 10.7. The van der Waals surface area contributed by atoms with Crippen LogP contribution in [0, 0.1) is 11.6 Å². The van der Waals surface area contributed by atoms with Crippen molar-refractivity contribution in [3.63, 3.8) is 0 Å². The number of aliphatic hydroxyl groups is 1. The fourth-order valence-corrected chi connectivity index (χ4v) is 2.23. The van der Waals surface area contributed by atoms with Crippen molar-refractivity contribution < 1.29 is 23.4 Å². The van der Waals surface area contributed by atoms with Crippen LogP contribution < -0.4 is 10.1 Å². The quantitative estimate of drug-likeness (QED) is 0.818. The Kier molecular flexibility index (Phi) is 6.26. The van der Waals surface area contributed by atoms with Crippen molar-refractivity contribution in [2.45, 2.75) is 18.9 Å². The first-order valence-electron chi connectivity index (χ1n) is 7.53. The molecular formula is C18H19F2NO3. The Morgan fingerprint density at radius 3 is 2.58 bits per heavy atom. The molecule has 4 nitrogen and oxygen atoms in total. The van der Waals surface area contributed by atoms with E-state index < -0.39 is 17.7 Å². The third-order valence-electron chi connectivity index (χ3n) is 3.65. The van der Waals surface area contributed by atoms with Crippen molar-refractivity contribution in [1.82, 2.24) is 5.32 Å². The lowest BCUT2D eigenvalue weighted by atomic mass is 10.1. The summed E-state index contributed by atoms with van der Waals surface area (Å²) in [6.07, 6.45) is -0.755. The number of ether oxygens (including phenoxy) is 1. The van der Waals surface area contributed by atoms with E-state index in [2.05, 4.69) is 5.32 Å². The van der Waals surface area contributed by atoms with E-state index in [4.69, 9.17) is 4.74 Å². The molecule has 2 N–H and O–H groups in total. The van der Waals surface area contributed by atoms with Gasteiger partial charge in [-0.1, -0.05) is 24.3 Å². The molecule has 0 aromatic heterocycles. The number of amides is 1. The maximum Gasteiger partial charge on any atom is 0.220 e. The van der Waals surface area contributed by atoms with Gasteiger partial charge < -0.3 is 15.2 Å². The van der Waals surface area contributed by atoms with E-state index in [1.165, 1.54) is 12.1 Å². The van der Waals surface area contributed by atoms with Crippen LogP contribution in [0.25, 0.3) is 0 Å². The zero-order valence-electron chi connectivity index (χ0n) is 13.3. The van der Waals surface area contributed by atoms with Crippen LogP contribution >= 0.6 is 0 Å². The van der Waals surface area contributed by atoms with Gasteiger partial charge in [0.1, 0.15) is 5.75 Å². The van der Waals surface area contributed by atoms with Crippen LogP contribution in [-0.2, 0) is 11.2 Å². The minimum atomic E-state index is -0.928. The molecule has 0 heterocycles. The van der Waals surface area contributed by atoms with Gasteiger partial charge >= 0.3 is 0 Å². The Morgan fingerprint density at radius 1 is 1.21 bits per heavy atom. The van der Waals surface area contributed by atoms with Gasteiger partial charge in [0.25, 0.3) is 0 Å². The highest BCUT2D eigenvalue weighted by Gasteiger charge is 2.12. The minimum Gasteiger partial charge on any atom is -0.497 e. The van der Waals surface area contributed by atoms with E-state index in [-0.39, 0.29) is 30.9 Å². The maximum atomic E-state index is 13.5. The molecule has 1 unspecified atom stereocenters. The number of aliphatic hydroxyl groups excluding tert-OH is 1. The lowest BCUT2D eigenvalue weighted by Crippen LogP contribution is -2.28. The number of rotatable bonds is 7. The lowest BCUT2D eigenvalue weighted by Gasteiger charge is -2.13. The summed E-state index contributed by atoms with van der Waals surface area (Å²) in [4.78, 5) is 11.8. The van der Waals surface area contributed by atoms with Crippen molar-refractivity contribution in [1.29, 1.82) is 0 Å². The van der Waals surface area contributed by atoms with Crippen LogP contribution in [0.3, 0.4) is 0 Å². The number of hydrogen-bond acceptors (Lipinski definition) is 3. The van der Waals surface area contributed by atoms with Crippen molar-refractivity contribution in [3.05, 3.63) is 65.2 Å². The molecule has 1 atom stereocenters. The van der Waals surface area contributed by atoms with E-state index in [1.807, 2.05) is 0 Å². The van der Waals surface area contributed by atoms with Gasteiger partial charge in [-0.2, -0.15) is 0 Å². The number of methoxy groups -OCH3 is 1. The van der Waals surface area contributed by atoms with Gasteiger partial charge in [-0.05, 0) is 35.7 Å². The van der Waals surface area contributed by atoms with Gasteiger partial charge in [0.2, 0.25) is 5.91 Å². The van der Waals surface area contributed by atoms with Crippen LogP contribution in [-0.4, -0.2) is 24.7 Å². The largest absolute Gasteiger partial charge is 0.497 e. The molecule has 0 bridgehead atoms. The highest BCUT2D eigenvalue weighted by molar-refractivity contribution is 5.76. The van der Waals surface area contributed by atoms with Crippen LogP contribution in [0.15, 0.2) is 42.5 Å². The second kappa shape index (κ2) is 8.40. The number of carbonyl (C=O) groups is 1. The van der Waals surface area contributed by atoms with Crippen molar-refractivity contribution in [2.75, 3.05) is 13.7 Å². The maximum absolute atomic E-state index is 13.5. The Labute approximate surface area is 139 Å². The monoisotopic (exact) mass is 335 g/mol. The number of halogens is 2. The SMILES string of the molecule is COc1ccc(C(O)CNC(=O)CCc2cccc(F)c2F)cc1. The fourth-order valence-electron chi connectivity index (χ4n) is 2.23. The summed E-state index contributed by atoms with van der Waals surface area (Å²) in [5.41, 5.74) is 0.799. The third kappa shape index (κ3) is 4.76. The highest BCUT2D eigenvalue weighted by Crippen LogP contribution is 2.17. The molecule has 6 heteroatoms. The van der Waals surface area contributed by atoms with Crippen molar-refractivity contribution in [3.8, 4) is 5.75 Å². The first-order chi connectivity index (χ1) is 11.5. The summed E-state index contributed by atoms with van der Waals surface area (Å²) >= 11 is 0. The molecule has 1 amide bonds.